The Labute approximate surface area is 103 Å². The summed E-state index contributed by atoms with van der Waals surface area (Å²) >= 11 is 0. The lowest BCUT2D eigenvalue weighted by Crippen LogP contribution is -2.46. The maximum atomic E-state index is 11.4. The molecular formula is C12H21N3O2. The maximum Gasteiger partial charge on any atom is 0.233 e. The molecule has 0 saturated carbocycles. The second kappa shape index (κ2) is 6.58. The van der Waals surface area contributed by atoms with Crippen molar-refractivity contribution in [2.75, 3.05) is 19.7 Å². The van der Waals surface area contributed by atoms with Crippen molar-refractivity contribution in [2.45, 2.75) is 44.8 Å². The average molecular weight is 239 g/mol. The lowest BCUT2D eigenvalue weighted by Gasteiger charge is -2.35. The van der Waals surface area contributed by atoms with E-state index in [0.29, 0.717) is 25.6 Å². The Hall–Kier alpha value is -1.12. The molecule has 2 N–H and O–H groups in total. The van der Waals surface area contributed by atoms with Gasteiger partial charge < -0.3 is 15.4 Å². The number of carbonyl (C=O) groups excluding carboxylic acids is 1. The number of ether oxygens (including phenoxy) is 1. The van der Waals surface area contributed by atoms with Crippen LogP contribution in [0.5, 0.6) is 0 Å². The Morgan fingerprint density at radius 1 is 1.59 bits per heavy atom. The van der Waals surface area contributed by atoms with Crippen LogP contribution in [-0.4, -0.2) is 37.2 Å². The van der Waals surface area contributed by atoms with Gasteiger partial charge in [-0.25, -0.2) is 0 Å². The number of hydrogen-bond donors (Lipinski definition) is 2. The molecule has 1 unspecified atom stereocenters. The smallest absolute Gasteiger partial charge is 0.233 e. The minimum absolute atomic E-state index is 0.0513. The Kier molecular flexibility index (Phi) is 5.39. The van der Waals surface area contributed by atoms with Gasteiger partial charge >= 0.3 is 0 Å². The summed E-state index contributed by atoms with van der Waals surface area (Å²) in [4.78, 5) is 11.4. The number of hydrogen-bond acceptors (Lipinski definition) is 4. The third kappa shape index (κ3) is 5.66. The molecule has 1 saturated heterocycles. The minimum atomic E-state index is -0.104. The lowest BCUT2D eigenvalue weighted by molar-refractivity contribution is -0.120. The van der Waals surface area contributed by atoms with Crippen molar-refractivity contribution in [1.29, 1.82) is 5.26 Å². The van der Waals surface area contributed by atoms with Gasteiger partial charge in [0.2, 0.25) is 5.91 Å². The highest BCUT2D eigenvalue weighted by molar-refractivity contribution is 5.77. The second-order valence-corrected chi connectivity index (χ2v) is 4.94. The van der Waals surface area contributed by atoms with Gasteiger partial charge in [0.1, 0.15) is 0 Å². The van der Waals surface area contributed by atoms with E-state index in [2.05, 4.69) is 24.5 Å². The topological polar surface area (TPSA) is 74.2 Å². The first-order chi connectivity index (χ1) is 8.03. The molecule has 1 aliphatic rings. The predicted molar refractivity (Wildman–Crippen MR) is 64.3 cm³/mol. The molecule has 1 fully saturated rings. The zero-order valence-electron chi connectivity index (χ0n) is 10.6. The molecule has 0 radical (unpaired) electrons. The summed E-state index contributed by atoms with van der Waals surface area (Å²) in [5, 5.41) is 14.3. The van der Waals surface area contributed by atoms with Crippen LogP contribution in [0.4, 0.5) is 0 Å². The molecule has 0 bridgehead atoms. The first-order valence-corrected chi connectivity index (χ1v) is 6.04. The van der Waals surface area contributed by atoms with Crippen LogP contribution in [-0.2, 0) is 9.53 Å². The van der Waals surface area contributed by atoms with Crippen molar-refractivity contribution in [1.82, 2.24) is 10.6 Å². The molecule has 96 valence electrons. The molecule has 1 rings (SSSR count). The van der Waals surface area contributed by atoms with Crippen molar-refractivity contribution < 1.29 is 9.53 Å². The molecule has 1 heterocycles. The Balaban J connectivity index is 2.17. The summed E-state index contributed by atoms with van der Waals surface area (Å²) in [6.45, 7) is 5.60. The molecule has 0 aromatic carbocycles. The molecule has 1 amide bonds. The van der Waals surface area contributed by atoms with Crippen molar-refractivity contribution in [2.24, 2.45) is 0 Å². The van der Waals surface area contributed by atoms with E-state index in [1.807, 2.05) is 6.07 Å². The van der Waals surface area contributed by atoms with Gasteiger partial charge in [-0.3, -0.25) is 4.79 Å². The molecule has 0 aromatic rings. The molecule has 5 heteroatoms. The Bertz CT molecular complexity index is 297. The predicted octanol–water partition coefficient (Wildman–Crippen LogP) is 0.563. The van der Waals surface area contributed by atoms with E-state index in [4.69, 9.17) is 10.00 Å². The zero-order valence-corrected chi connectivity index (χ0v) is 10.6. The van der Waals surface area contributed by atoms with E-state index >= 15 is 0 Å². The van der Waals surface area contributed by atoms with E-state index in [1.54, 1.807) is 0 Å². The highest BCUT2D eigenvalue weighted by atomic mass is 16.5. The van der Waals surface area contributed by atoms with E-state index in [1.165, 1.54) is 0 Å². The molecular weight excluding hydrogens is 218 g/mol. The largest absolute Gasteiger partial charge is 0.375 e. The van der Waals surface area contributed by atoms with Gasteiger partial charge in [-0.05, 0) is 26.7 Å². The standard InChI is InChI=1S/C12H21N3O2/c1-12(2)8-10(4-7-17-12)15-9-11(16)14-6-3-5-13/h10,15H,3-4,6-9H2,1-2H3,(H,14,16). The van der Waals surface area contributed by atoms with E-state index in [9.17, 15) is 4.79 Å². The highest BCUT2D eigenvalue weighted by Gasteiger charge is 2.28. The van der Waals surface area contributed by atoms with Crippen molar-refractivity contribution >= 4 is 5.91 Å². The molecule has 17 heavy (non-hydrogen) atoms. The van der Waals surface area contributed by atoms with Crippen LogP contribution in [0.3, 0.4) is 0 Å². The minimum Gasteiger partial charge on any atom is -0.375 e. The summed E-state index contributed by atoms with van der Waals surface area (Å²) < 4.78 is 5.61. The fourth-order valence-corrected chi connectivity index (χ4v) is 1.96. The van der Waals surface area contributed by atoms with Crippen LogP contribution in [0.15, 0.2) is 0 Å². The van der Waals surface area contributed by atoms with Crippen molar-refractivity contribution in [3.8, 4) is 6.07 Å². The van der Waals surface area contributed by atoms with E-state index < -0.39 is 0 Å². The van der Waals surface area contributed by atoms with Crippen LogP contribution >= 0.6 is 0 Å². The molecule has 0 spiro atoms. The van der Waals surface area contributed by atoms with Gasteiger partial charge in [-0.1, -0.05) is 0 Å². The van der Waals surface area contributed by atoms with Crippen molar-refractivity contribution in [3.05, 3.63) is 0 Å². The van der Waals surface area contributed by atoms with E-state index in [-0.39, 0.29) is 11.5 Å². The first kappa shape index (κ1) is 13.9. The SMILES string of the molecule is CC1(C)CC(NCC(=O)NCCC#N)CCO1. The van der Waals surface area contributed by atoms with Crippen LogP contribution in [0.1, 0.15) is 33.1 Å². The summed E-state index contributed by atoms with van der Waals surface area (Å²) in [6.07, 6.45) is 2.21. The number of nitriles is 1. The molecule has 5 nitrogen and oxygen atoms in total. The number of amides is 1. The third-order valence-electron chi connectivity index (χ3n) is 2.81. The van der Waals surface area contributed by atoms with Crippen molar-refractivity contribution in [3.63, 3.8) is 0 Å². The van der Waals surface area contributed by atoms with Crippen LogP contribution in [0.25, 0.3) is 0 Å². The van der Waals surface area contributed by atoms with Crippen LogP contribution in [0, 0.1) is 11.3 Å². The normalized spacial score (nSPS) is 22.8. The second-order valence-electron chi connectivity index (χ2n) is 4.94. The quantitative estimate of drug-likeness (QED) is 0.688. The summed E-state index contributed by atoms with van der Waals surface area (Å²) in [6, 6.07) is 2.32. The zero-order chi connectivity index (χ0) is 12.7. The van der Waals surface area contributed by atoms with E-state index in [0.717, 1.165) is 19.4 Å². The number of carbonyl (C=O) groups is 1. The van der Waals surface area contributed by atoms with Crippen LogP contribution in [0.2, 0.25) is 0 Å². The molecule has 0 aromatic heterocycles. The Morgan fingerprint density at radius 2 is 2.35 bits per heavy atom. The van der Waals surface area contributed by atoms with Gasteiger partial charge in [-0.15, -0.1) is 0 Å². The van der Waals surface area contributed by atoms with Gasteiger partial charge in [0.15, 0.2) is 0 Å². The van der Waals surface area contributed by atoms with Crippen LogP contribution < -0.4 is 10.6 Å². The number of nitrogens with one attached hydrogen (secondary N) is 2. The lowest BCUT2D eigenvalue weighted by atomic mass is 9.94. The fraction of sp³-hybridized carbons (Fsp3) is 0.833. The maximum absolute atomic E-state index is 11.4. The number of rotatable bonds is 5. The molecule has 1 aliphatic heterocycles. The Morgan fingerprint density at radius 3 is 3.00 bits per heavy atom. The average Bonchev–Trinajstić information content (AvgIpc) is 2.25. The summed E-state index contributed by atoms with van der Waals surface area (Å²) in [7, 11) is 0. The van der Waals surface area contributed by atoms with Gasteiger partial charge in [-0.2, -0.15) is 5.26 Å². The fourth-order valence-electron chi connectivity index (χ4n) is 1.96. The first-order valence-electron chi connectivity index (χ1n) is 6.04. The van der Waals surface area contributed by atoms with Gasteiger partial charge in [0.05, 0.1) is 24.6 Å². The highest BCUT2D eigenvalue weighted by Crippen LogP contribution is 2.23. The van der Waals surface area contributed by atoms with Gasteiger partial charge in [0, 0.05) is 19.2 Å². The monoisotopic (exact) mass is 239 g/mol. The molecule has 0 aliphatic carbocycles. The summed E-state index contributed by atoms with van der Waals surface area (Å²) in [5.41, 5.74) is -0.104. The molecule has 1 atom stereocenters. The number of nitrogens with zero attached hydrogens (tertiary/aromatic N) is 1. The third-order valence-corrected chi connectivity index (χ3v) is 2.81. The van der Waals surface area contributed by atoms with Gasteiger partial charge in [0.25, 0.3) is 0 Å². The summed E-state index contributed by atoms with van der Waals surface area (Å²) in [5.74, 6) is -0.0513.